The number of aliphatic hydroxyl groups is 1. The minimum Gasteiger partial charge on any atom is -0.388 e. The Morgan fingerprint density at radius 2 is 1.68 bits per heavy atom. The van der Waals surface area contributed by atoms with Crippen LogP contribution in [0.15, 0.2) is 67.3 Å². The number of benzene rings is 2. The summed E-state index contributed by atoms with van der Waals surface area (Å²) in [6.07, 6.45) is 1.70. The van der Waals surface area contributed by atoms with Gasteiger partial charge in [-0.25, -0.2) is 0 Å². The van der Waals surface area contributed by atoms with Gasteiger partial charge in [0.15, 0.2) is 0 Å². The normalized spacial score (nSPS) is 11.2. The van der Waals surface area contributed by atoms with Crippen molar-refractivity contribution in [2.75, 3.05) is 0 Å². The molecule has 0 saturated carbocycles. The van der Waals surface area contributed by atoms with Gasteiger partial charge in [0.25, 0.3) is 0 Å². The van der Waals surface area contributed by atoms with Gasteiger partial charge in [-0.2, -0.15) is 0 Å². The van der Waals surface area contributed by atoms with E-state index in [-0.39, 0.29) is 0 Å². The topological polar surface area (TPSA) is 20.2 Å². The van der Waals surface area contributed by atoms with Crippen molar-refractivity contribution in [2.24, 2.45) is 0 Å². The molecule has 0 aliphatic heterocycles. The molecule has 0 radical (unpaired) electrons. The Balaban J connectivity index is 2.31. The highest BCUT2D eigenvalue weighted by Gasteiger charge is 2.08. The van der Waals surface area contributed by atoms with Crippen LogP contribution >= 0.6 is 0 Å². The van der Waals surface area contributed by atoms with E-state index in [9.17, 15) is 5.11 Å². The molecule has 0 aromatic heterocycles. The van der Waals surface area contributed by atoms with Crippen molar-refractivity contribution in [3.63, 3.8) is 0 Å². The lowest BCUT2D eigenvalue weighted by Gasteiger charge is -2.10. The SMILES string of the molecule is C=CC[C@@H](O)c1ccccc1C#Cc1ccccc1. The first-order valence-electron chi connectivity index (χ1n) is 6.26. The molecule has 0 unspecified atom stereocenters. The van der Waals surface area contributed by atoms with Crippen LogP contribution in [-0.4, -0.2) is 5.11 Å². The summed E-state index contributed by atoms with van der Waals surface area (Å²) in [4.78, 5) is 0. The molecule has 1 nitrogen and oxygen atoms in total. The van der Waals surface area contributed by atoms with Gasteiger partial charge >= 0.3 is 0 Å². The lowest BCUT2D eigenvalue weighted by Crippen LogP contribution is -1.98. The van der Waals surface area contributed by atoms with Gasteiger partial charge in [0, 0.05) is 11.1 Å². The number of hydrogen-bond acceptors (Lipinski definition) is 1. The van der Waals surface area contributed by atoms with Crippen LogP contribution in [0.4, 0.5) is 0 Å². The molecule has 0 heterocycles. The first-order valence-corrected chi connectivity index (χ1v) is 6.26. The third-order valence-corrected chi connectivity index (χ3v) is 2.83. The van der Waals surface area contributed by atoms with Gasteiger partial charge in [0.05, 0.1) is 6.10 Å². The molecular formula is C18H16O. The van der Waals surface area contributed by atoms with Crippen molar-refractivity contribution in [2.45, 2.75) is 12.5 Å². The third-order valence-electron chi connectivity index (χ3n) is 2.83. The van der Waals surface area contributed by atoms with Crippen LogP contribution in [0.1, 0.15) is 29.2 Å². The summed E-state index contributed by atoms with van der Waals surface area (Å²) in [7, 11) is 0. The van der Waals surface area contributed by atoms with Crippen molar-refractivity contribution < 1.29 is 5.11 Å². The Morgan fingerprint density at radius 3 is 2.42 bits per heavy atom. The fourth-order valence-corrected chi connectivity index (χ4v) is 1.85. The minimum atomic E-state index is -0.543. The summed E-state index contributed by atoms with van der Waals surface area (Å²) in [5.74, 6) is 6.24. The van der Waals surface area contributed by atoms with E-state index >= 15 is 0 Å². The van der Waals surface area contributed by atoms with Gasteiger partial charge in [-0.1, -0.05) is 54.3 Å². The average Bonchev–Trinajstić information content (AvgIpc) is 2.47. The molecule has 2 aromatic carbocycles. The lowest BCUT2D eigenvalue weighted by molar-refractivity contribution is 0.181. The van der Waals surface area contributed by atoms with E-state index in [1.165, 1.54) is 0 Å². The van der Waals surface area contributed by atoms with Crippen molar-refractivity contribution >= 4 is 0 Å². The molecule has 1 atom stereocenters. The Morgan fingerprint density at radius 1 is 1.00 bits per heavy atom. The molecule has 0 bridgehead atoms. The second-order valence-electron chi connectivity index (χ2n) is 4.24. The standard InChI is InChI=1S/C18H16O/c1-2-8-18(19)17-12-7-6-11-16(17)14-13-15-9-4-3-5-10-15/h2-7,9-12,18-19H,1,8H2/t18-/m1/s1. The van der Waals surface area contributed by atoms with Gasteiger partial charge in [0.2, 0.25) is 0 Å². The Bertz CT molecular complexity index is 602. The molecule has 0 amide bonds. The predicted octanol–water partition coefficient (Wildman–Crippen LogP) is 3.70. The van der Waals surface area contributed by atoms with E-state index in [4.69, 9.17) is 0 Å². The van der Waals surface area contributed by atoms with Crippen molar-refractivity contribution in [1.29, 1.82) is 0 Å². The van der Waals surface area contributed by atoms with E-state index in [0.29, 0.717) is 6.42 Å². The van der Waals surface area contributed by atoms with Crippen LogP contribution in [-0.2, 0) is 0 Å². The molecule has 0 saturated heterocycles. The first kappa shape index (κ1) is 13.1. The summed E-state index contributed by atoms with van der Waals surface area (Å²) in [6.45, 7) is 3.65. The quantitative estimate of drug-likeness (QED) is 0.648. The molecule has 0 spiro atoms. The van der Waals surface area contributed by atoms with E-state index in [0.717, 1.165) is 16.7 Å². The second-order valence-corrected chi connectivity index (χ2v) is 4.24. The zero-order valence-electron chi connectivity index (χ0n) is 10.7. The van der Waals surface area contributed by atoms with Crippen LogP contribution in [0, 0.1) is 11.8 Å². The summed E-state index contributed by atoms with van der Waals surface area (Å²) in [6, 6.07) is 17.5. The molecule has 2 aromatic rings. The van der Waals surface area contributed by atoms with Gasteiger partial charge in [-0.15, -0.1) is 6.58 Å². The summed E-state index contributed by atoms with van der Waals surface area (Å²) in [5, 5.41) is 10.1. The fraction of sp³-hybridized carbons (Fsp3) is 0.111. The molecular weight excluding hydrogens is 232 g/mol. The lowest BCUT2D eigenvalue weighted by atomic mass is 10.0. The maximum absolute atomic E-state index is 10.1. The van der Waals surface area contributed by atoms with E-state index in [1.54, 1.807) is 6.08 Å². The van der Waals surface area contributed by atoms with E-state index in [2.05, 4.69) is 18.4 Å². The van der Waals surface area contributed by atoms with Crippen LogP contribution in [0.5, 0.6) is 0 Å². The predicted molar refractivity (Wildman–Crippen MR) is 78.6 cm³/mol. The molecule has 1 N–H and O–H groups in total. The van der Waals surface area contributed by atoms with Crippen LogP contribution in [0.25, 0.3) is 0 Å². The number of aliphatic hydroxyl groups excluding tert-OH is 1. The van der Waals surface area contributed by atoms with E-state index < -0.39 is 6.10 Å². The highest BCUT2D eigenvalue weighted by atomic mass is 16.3. The van der Waals surface area contributed by atoms with Crippen LogP contribution in [0.3, 0.4) is 0 Å². The molecule has 19 heavy (non-hydrogen) atoms. The average molecular weight is 248 g/mol. The molecule has 2 rings (SSSR count). The maximum Gasteiger partial charge on any atom is 0.0836 e. The van der Waals surface area contributed by atoms with Crippen molar-refractivity contribution in [3.8, 4) is 11.8 Å². The van der Waals surface area contributed by atoms with E-state index in [1.807, 2.05) is 54.6 Å². The highest BCUT2D eigenvalue weighted by molar-refractivity contribution is 5.47. The number of rotatable bonds is 3. The van der Waals surface area contributed by atoms with Crippen LogP contribution in [0.2, 0.25) is 0 Å². The molecule has 0 fully saturated rings. The minimum absolute atomic E-state index is 0.532. The van der Waals surface area contributed by atoms with Crippen molar-refractivity contribution in [3.05, 3.63) is 83.9 Å². The van der Waals surface area contributed by atoms with Gasteiger partial charge in [-0.05, 0) is 30.2 Å². The highest BCUT2D eigenvalue weighted by Crippen LogP contribution is 2.20. The fourth-order valence-electron chi connectivity index (χ4n) is 1.85. The first-order chi connectivity index (χ1) is 9.31. The largest absolute Gasteiger partial charge is 0.388 e. The third kappa shape index (κ3) is 3.58. The second kappa shape index (κ2) is 6.58. The summed E-state index contributed by atoms with van der Waals surface area (Å²) in [5.41, 5.74) is 2.68. The zero-order chi connectivity index (χ0) is 13.5. The summed E-state index contributed by atoms with van der Waals surface area (Å²) < 4.78 is 0. The van der Waals surface area contributed by atoms with Crippen LogP contribution < -0.4 is 0 Å². The summed E-state index contributed by atoms with van der Waals surface area (Å²) >= 11 is 0. The monoisotopic (exact) mass is 248 g/mol. The Labute approximate surface area is 114 Å². The maximum atomic E-state index is 10.1. The molecule has 0 aliphatic carbocycles. The molecule has 1 heteroatoms. The molecule has 0 aliphatic rings. The molecule has 94 valence electrons. The van der Waals surface area contributed by atoms with Gasteiger partial charge in [0.1, 0.15) is 0 Å². The number of hydrogen-bond donors (Lipinski definition) is 1. The van der Waals surface area contributed by atoms with Gasteiger partial charge in [-0.3, -0.25) is 0 Å². The Hall–Kier alpha value is -2.30. The van der Waals surface area contributed by atoms with Crippen molar-refractivity contribution in [1.82, 2.24) is 0 Å². The zero-order valence-corrected chi connectivity index (χ0v) is 10.7. The smallest absolute Gasteiger partial charge is 0.0836 e. The Kier molecular flexibility index (Phi) is 4.55. The van der Waals surface area contributed by atoms with Gasteiger partial charge < -0.3 is 5.11 Å².